The van der Waals surface area contributed by atoms with Gasteiger partial charge in [-0.2, -0.15) is 0 Å². The van der Waals surface area contributed by atoms with Crippen molar-refractivity contribution < 1.29 is 19.4 Å². The van der Waals surface area contributed by atoms with Crippen molar-refractivity contribution in [3.05, 3.63) is 11.5 Å². The van der Waals surface area contributed by atoms with Crippen molar-refractivity contribution in [3.63, 3.8) is 0 Å². The highest BCUT2D eigenvalue weighted by Gasteiger charge is 2.19. The smallest absolute Gasteiger partial charge is 0.413 e. The topological polar surface area (TPSA) is 104 Å². The quantitative estimate of drug-likeness (QED) is 0.731. The monoisotopic (exact) mass is 241 g/mol. The van der Waals surface area contributed by atoms with E-state index in [0.717, 1.165) is 0 Å². The summed E-state index contributed by atoms with van der Waals surface area (Å²) in [7, 11) is 0. The molecule has 0 aliphatic heterocycles. The fraction of sp³-hybridized carbons (Fsp3) is 0.500. The Morgan fingerprint density at radius 1 is 1.41 bits per heavy atom. The van der Waals surface area contributed by atoms with Gasteiger partial charge in [-0.25, -0.2) is 14.6 Å². The zero-order chi connectivity index (χ0) is 13.2. The van der Waals surface area contributed by atoms with Crippen LogP contribution >= 0.6 is 0 Å². The van der Waals surface area contributed by atoms with E-state index in [9.17, 15) is 9.59 Å². The van der Waals surface area contributed by atoms with Crippen LogP contribution in [0.1, 0.15) is 37.1 Å². The molecule has 3 N–H and O–H groups in total. The Kier molecular flexibility index (Phi) is 3.40. The number of ether oxygens (including phenoxy) is 1. The fourth-order valence-corrected chi connectivity index (χ4v) is 1.08. The number of amides is 1. The Labute approximate surface area is 98.2 Å². The molecule has 7 nitrogen and oxygen atoms in total. The van der Waals surface area contributed by atoms with Gasteiger partial charge in [-0.15, -0.1) is 0 Å². The van der Waals surface area contributed by atoms with Crippen LogP contribution in [0, 0.1) is 6.92 Å². The van der Waals surface area contributed by atoms with E-state index in [1.807, 2.05) is 0 Å². The molecular formula is C10H15N3O4. The summed E-state index contributed by atoms with van der Waals surface area (Å²) < 4.78 is 5.02. The molecule has 0 bridgehead atoms. The lowest BCUT2D eigenvalue weighted by Crippen LogP contribution is -2.27. The van der Waals surface area contributed by atoms with E-state index in [0.29, 0.717) is 5.69 Å². The third kappa shape index (κ3) is 3.78. The lowest BCUT2D eigenvalue weighted by atomic mass is 10.2. The number of carbonyl (C=O) groups is 2. The molecule has 1 aromatic rings. The fourth-order valence-electron chi connectivity index (χ4n) is 1.08. The van der Waals surface area contributed by atoms with Gasteiger partial charge in [-0.05, 0) is 27.7 Å². The van der Waals surface area contributed by atoms with E-state index < -0.39 is 17.7 Å². The second kappa shape index (κ2) is 4.44. The van der Waals surface area contributed by atoms with Crippen molar-refractivity contribution in [3.8, 4) is 0 Å². The van der Waals surface area contributed by atoms with Crippen LogP contribution in [-0.4, -0.2) is 32.7 Å². The van der Waals surface area contributed by atoms with Crippen LogP contribution in [0.2, 0.25) is 0 Å². The molecule has 0 aliphatic carbocycles. The van der Waals surface area contributed by atoms with Gasteiger partial charge in [-0.1, -0.05) is 0 Å². The van der Waals surface area contributed by atoms with Crippen LogP contribution in [-0.2, 0) is 4.74 Å². The van der Waals surface area contributed by atoms with Gasteiger partial charge in [0.2, 0.25) is 5.82 Å². The van der Waals surface area contributed by atoms with Gasteiger partial charge in [0.05, 0.1) is 5.69 Å². The average Bonchev–Trinajstić information content (AvgIpc) is 2.44. The Bertz CT molecular complexity index is 445. The van der Waals surface area contributed by atoms with Gasteiger partial charge in [0, 0.05) is 0 Å². The molecular weight excluding hydrogens is 226 g/mol. The summed E-state index contributed by atoms with van der Waals surface area (Å²) in [6.07, 6.45) is -0.677. The first kappa shape index (κ1) is 13.0. The summed E-state index contributed by atoms with van der Waals surface area (Å²) in [5, 5.41) is 11.1. The maximum absolute atomic E-state index is 11.4. The Balaban J connectivity index is 2.75. The number of carboxylic acid groups (broad SMARTS) is 1. The number of hydrogen-bond donors (Lipinski definition) is 3. The van der Waals surface area contributed by atoms with Crippen molar-refractivity contribution in [1.82, 2.24) is 9.97 Å². The lowest BCUT2D eigenvalue weighted by molar-refractivity contribution is 0.0631. The first-order valence-electron chi connectivity index (χ1n) is 4.99. The largest absolute Gasteiger partial charge is 0.475 e. The van der Waals surface area contributed by atoms with Gasteiger partial charge in [0.15, 0.2) is 5.82 Å². The van der Waals surface area contributed by atoms with Crippen molar-refractivity contribution in [1.29, 1.82) is 0 Å². The molecule has 0 fully saturated rings. The summed E-state index contributed by atoms with van der Waals surface area (Å²) in [5.74, 6) is -1.27. The molecule has 7 heteroatoms. The van der Waals surface area contributed by atoms with Crippen LogP contribution < -0.4 is 5.32 Å². The van der Waals surface area contributed by atoms with E-state index in [2.05, 4.69) is 15.3 Å². The van der Waals surface area contributed by atoms with Gasteiger partial charge in [0.1, 0.15) is 5.60 Å². The molecule has 94 valence electrons. The van der Waals surface area contributed by atoms with Crippen LogP contribution in [0.3, 0.4) is 0 Å². The third-order valence-corrected chi connectivity index (χ3v) is 1.71. The highest BCUT2D eigenvalue weighted by molar-refractivity contribution is 5.87. The van der Waals surface area contributed by atoms with E-state index in [-0.39, 0.29) is 11.6 Å². The van der Waals surface area contributed by atoms with Crippen LogP contribution in [0.5, 0.6) is 0 Å². The second-order valence-electron chi connectivity index (χ2n) is 4.49. The van der Waals surface area contributed by atoms with E-state index in [4.69, 9.17) is 9.84 Å². The Morgan fingerprint density at radius 2 is 2.00 bits per heavy atom. The molecule has 17 heavy (non-hydrogen) atoms. The summed E-state index contributed by atoms with van der Waals surface area (Å²) in [5.41, 5.74) is -0.169. The number of aromatic nitrogens is 2. The molecule has 0 saturated carbocycles. The van der Waals surface area contributed by atoms with Crippen molar-refractivity contribution in [2.75, 3.05) is 5.32 Å². The molecule has 0 aromatic carbocycles. The number of imidazole rings is 1. The second-order valence-corrected chi connectivity index (χ2v) is 4.49. The maximum Gasteiger partial charge on any atom is 0.413 e. The molecule has 1 aromatic heterocycles. The normalized spacial score (nSPS) is 11.1. The minimum absolute atomic E-state index is 0.150. The number of H-pyrrole nitrogens is 1. The molecule has 0 unspecified atom stereocenters. The number of hydrogen-bond acceptors (Lipinski definition) is 4. The average molecular weight is 241 g/mol. The zero-order valence-corrected chi connectivity index (χ0v) is 10.1. The summed E-state index contributed by atoms with van der Waals surface area (Å²) in [6, 6.07) is 0. The number of nitrogens with one attached hydrogen (secondary N) is 2. The number of carboxylic acids is 1. The number of aromatic carboxylic acids is 1. The maximum atomic E-state index is 11.4. The minimum Gasteiger partial charge on any atom is -0.475 e. The van der Waals surface area contributed by atoms with Crippen molar-refractivity contribution in [2.24, 2.45) is 0 Å². The number of nitrogens with zero attached hydrogens (tertiary/aromatic N) is 1. The van der Waals surface area contributed by atoms with Gasteiger partial charge in [-0.3, -0.25) is 5.32 Å². The number of carbonyl (C=O) groups excluding carboxylic acids is 1. The van der Waals surface area contributed by atoms with Crippen LogP contribution in [0.4, 0.5) is 10.6 Å². The first-order chi connectivity index (χ1) is 7.69. The van der Waals surface area contributed by atoms with Gasteiger partial charge >= 0.3 is 12.1 Å². The van der Waals surface area contributed by atoms with E-state index in [1.54, 1.807) is 27.7 Å². The highest BCUT2D eigenvalue weighted by Crippen LogP contribution is 2.13. The Morgan fingerprint density at radius 3 is 2.41 bits per heavy atom. The molecule has 0 atom stereocenters. The number of aryl methyl sites for hydroxylation is 1. The summed E-state index contributed by atoms with van der Waals surface area (Å²) >= 11 is 0. The molecule has 0 radical (unpaired) electrons. The zero-order valence-electron chi connectivity index (χ0n) is 10.1. The highest BCUT2D eigenvalue weighted by atomic mass is 16.6. The molecule has 1 heterocycles. The van der Waals surface area contributed by atoms with E-state index >= 15 is 0 Å². The third-order valence-electron chi connectivity index (χ3n) is 1.71. The summed E-state index contributed by atoms with van der Waals surface area (Å²) in [6.45, 7) is 6.79. The minimum atomic E-state index is -1.19. The van der Waals surface area contributed by atoms with Crippen molar-refractivity contribution >= 4 is 17.9 Å². The lowest BCUT2D eigenvalue weighted by Gasteiger charge is -2.19. The van der Waals surface area contributed by atoms with Crippen molar-refractivity contribution in [2.45, 2.75) is 33.3 Å². The summed E-state index contributed by atoms with van der Waals surface area (Å²) in [4.78, 5) is 28.3. The SMILES string of the molecule is Cc1[nH]c(C(=O)O)nc1NC(=O)OC(C)(C)C. The standard InChI is InChI=1S/C10H15N3O4/c1-5-6(12-7(11-5)8(14)15)13-9(16)17-10(2,3)4/h1-4H3,(H,11,12)(H,13,16)(H,14,15). The molecule has 1 amide bonds. The predicted molar refractivity (Wildman–Crippen MR) is 60.1 cm³/mol. The van der Waals surface area contributed by atoms with Gasteiger partial charge in [0.25, 0.3) is 0 Å². The van der Waals surface area contributed by atoms with Crippen LogP contribution in [0.15, 0.2) is 0 Å². The van der Waals surface area contributed by atoms with Gasteiger partial charge < -0.3 is 14.8 Å². The number of anilines is 1. The number of aromatic amines is 1. The molecule has 0 aliphatic rings. The molecule has 1 rings (SSSR count). The molecule has 0 spiro atoms. The first-order valence-corrected chi connectivity index (χ1v) is 4.99. The number of rotatable bonds is 2. The Hall–Kier alpha value is -2.05. The van der Waals surface area contributed by atoms with Crippen LogP contribution in [0.25, 0.3) is 0 Å². The van der Waals surface area contributed by atoms with E-state index in [1.165, 1.54) is 0 Å². The predicted octanol–water partition coefficient (Wildman–Crippen LogP) is 1.76. The molecule has 0 saturated heterocycles.